The molecule has 0 radical (unpaired) electrons. The Kier molecular flexibility index (Phi) is 4.12. The maximum atomic E-state index is 12.4. The lowest BCUT2D eigenvalue weighted by atomic mass is 10.1. The molecule has 1 amide bonds. The van der Waals surface area contributed by atoms with E-state index in [1.54, 1.807) is 29.3 Å². The Morgan fingerprint density at radius 3 is 2.91 bits per heavy atom. The minimum Gasteiger partial charge on any atom is -0.479 e. The number of carbonyl (C=O) groups excluding carboxylic acids is 1. The molecular formula is C16H16N4O2S. The van der Waals surface area contributed by atoms with Crippen molar-refractivity contribution >= 4 is 22.9 Å². The number of rotatable bonds is 4. The summed E-state index contributed by atoms with van der Waals surface area (Å²) < 4.78 is 6.66. The number of carbonyl (C=O) groups is 1. The first-order valence-corrected chi connectivity index (χ1v) is 7.86. The first-order valence-electron chi connectivity index (χ1n) is 6.98. The van der Waals surface area contributed by atoms with Crippen LogP contribution in [0.2, 0.25) is 0 Å². The third-order valence-corrected chi connectivity index (χ3v) is 4.04. The molecule has 0 aliphatic rings. The first-order chi connectivity index (χ1) is 11.1. The Morgan fingerprint density at radius 2 is 2.22 bits per heavy atom. The van der Waals surface area contributed by atoms with Crippen LogP contribution in [0.3, 0.4) is 0 Å². The van der Waals surface area contributed by atoms with Gasteiger partial charge in [0.2, 0.25) is 5.88 Å². The molecule has 1 N–H and O–H groups in total. The van der Waals surface area contributed by atoms with Crippen molar-refractivity contribution in [1.29, 1.82) is 0 Å². The van der Waals surface area contributed by atoms with Crippen molar-refractivity contribution in [2.45, 2.75) is 6.92 Å². The van der Waals surface area contributed by atoms with E-state index in [4.69, 9.17) is 4.74 Å². The summed E-state index contributed by atoms with van der Waals surface area (Å²) in [6.45, 7) is 1.97. The van der Waals surface area contributed by atoms with Crippen molar-refractivity contribution in [2.24, 2.45) is 7.05 Å². The zero-order chi connectivity index (χ0) is 16.4. The van der Waals surface area contributed by atoms with Gasteiger partial charge < -0.3 is 10.1 Å². The highest BCUT2D eigenvalue weighted by Crippen LogP contribution is 2.25. The number of nitrogens with zero attached hydrogens (tertiary/aromatic N) is 3. The maximum absolute atomic E-state index is 12.4. The lowest BCUT2D eigenvalue weighted by Gasteiger charge is -2.06. The molecule has 6 nitrogen and oxygen atoms in total. The van der Waals surface area contributed by atoms with Crippen LogP contribution in [0, 0.1) is 6.92 Å². The third-order valence-electron chi connectivity index (χ3n) is 3.27. The first kappa shape index (κ1) is 15.2. The molecule has 0 saturated carbocycles. The van der Waals surface area contributed by atoms with E-state index in [1.165, 1.54) is 7.11 Å². The van der Waals surface area contributed by atoms with Gasteiger partial charge in [-0.05, 0) is 19.1 Å². The molecule has 118 valence electrons. The number of thiazole rings is 1. The van der Waals surface area contributed by atoms with E-state index in [1.807, 2.05) is 36.6 Å². The zero-order valence-corrected chi connectivity index (χ0v) is 13.8. The highest BCUT2D eigenvalue weighted by atomic mass is 32.1. The van der Waals surface area contributed by atoms with Crippen molar-refractivity contribution in [3.05, 3.63) is 46.4 Å². The van der Waals surface area contributed by atoms with E-state index >= 15 is 0 Å². The zero-order valence-electron chi connectivity index (χ0n) is 13.0. The van der Waals surface area contributed by atoms with E-state index in [2.05, 4.69) is 15.4 Å². The van der Waals surface area contributed by atoms with E-state index in [-0.39, 0.29) is 5.91 Å². The second-order valence-electron chi connectivity index (χ2n) is 5.01. The fourth-order valence-corrected chi connectivity index (χ4v) is 2.85. The van der Waals surface area contributed by atoms with E-state index in [0.29, 0.717) is 17.1 Å². The topological polar surface area (TPSA) is 69.0 Å². The number of methoxy groups -OCH3 is 1. The van der Waals surface area contributed by atoms with Gasteiger partial charge in [-0.3, -0.25) is 9.48 Å². The molecule has 3 aromatic rings. The summed E-state index contributed by atoms with van der Waals surface area (Å²) in [7, 11) is 3.23. The Hall–Kier alpha value is -2.67. The number of aromatic nitrogens is 3. The third kappa shape index (κ3) is 3.24. The van der Waals surface area contributed by atoms with Gasteiger partial charge in [-0.15, -0.1) is 16.4 Å². The molecule has 0 bridgehead atoms. The van der Waals surface area contributed by atoms with Gasteiger partial charge >= 0.3 is 0 Å². The highest BCUT2D eigenvalue weighted by Gasteiger charge is 2.16. The SMILES string of the molecule is COc1nn(C)cc1C(=O)Nc1cccc(-c2csc(C)n2)c1. The highest BCUT2D eigenvalue weighted by molar-refractivity contribution is 7.09. The van der Waals surface area contributed by atoms with Crippen molar-refractivity contribution < 1.29 is 9.53 Å². The molecule has 2 heterocycles. The molecule has 2 aromatic heterocycles. The predicted molar refractivity (Wildman–Crippen MR) is 90.0 cm³/mol. The summed E-state index contributed by atoms with van der Waals surface area (Å²) in [6, 6.07) is 7.59. The molecule has 0 atom stereocenters. The number of nitrogens with one attached hydrogen (secondary N) is 1. The van der Waals surface area contributed by atoms with Gasteiger partial charge in [0.25, 0.3) is 5.91 Å². The standard InChI is InChI=1S/C16H16N4O2S/c1-10-17-14(9-23-10)11-5-4-6-12(7-11)18-15(21)13-8-20(2)19-16(13)22-3/h4-9H,1-3H3,(H,18,21). The lowest BCUT2D eigenvalue weighted by molar-refractivity contribution is 0.102. The fraction of sp³-hybridized carbons (Fsp3) is 0.188. The molecule has 23 heavy (non-hydrogen) atoms. The number of amides is 1. The molecule has 7 heteroatoms. The van der Waals surface area contributed by atoms with Crippen LogP contribution in [0.4, 0.5) is 5.69 Å². The number of hydrogen-bond donors (Lipinski definition) is 1. The number of aryl methyl sites for hydroxylation is 2. The lowest BCUT2D eigenvalue weighted by Crippen LogP contribution is -2.12. The van der Waals surface area contributed by atoms with Crippen molar-refractivity contribution in [3.8, 4) is 17.1 Å². The monoisotopic (exact) mass is 328 g/mol. The van der Waals surface area contributed by atoms with Crippen LogP contribution in [-0.4, -0.2) is 27.8 Å². The van der Waals surface area contributed by atoms with Gasteiger partial charge in [0.15, 0.2) is 0 Å². The smallest absolute Gasteiger partial charge is 0.262 e. The van der Waals surface area contributed by atoms with Crippen LogP contribution in [-0.2, 0) is 7.05 Å². The van der Waals surface area contributed by atoms with Crippen molar-refractivity contribution in [2.75, 3.05) is 12.4 Å². The van der Waals surface area contributed by atoms with E-state index in [0.717, 1.165) is 16.3 Å². The number of ether oxygens (including phenoxy) is 1. The van der Waals surface area contributed by atoms with Gasteiger partial charge in [0.1, 0.15) is 5.56 Å². The van der Waals surface area contributed by atoms with Gasteiger partial charge in [-0.25, -0.2) is 4.98 Å². The van der Waals surface area contributed by atoms with Crippen LogP contribution in [0.1, 0.15) is 15.4 Å². The summed E-state index contributed by atoms with van der Waals surface area (Å²) in [4.78, 5) is 16.9. The number of hydrogen-bond acceptors (Lipinski definition) is 5. The van der Waals surface area contributed by atoms with Crippen LogP contribution in [0.15, 0.2) is 35.8 Å². The predicted octanol–water partition coefficient (Wildman–Crippen LogP) is 3.11. The molecule has 0 fully saturated rings. The minimum absolute atomic E-state index is 0.262. The summed E-state index contributed by atoms with van der Waals surface area (Å²) in [6.07, 6.45) is 1.63. The quantitative estimate of drug-likeness (QED) is 0.799. The molecule has 1 aromatic carbocycles. The average Bonchev–Trinajstić information content (AvgIpc) is 3.13. The molecular weight excluding hydrogens is 312 g/mol. The van der Waals surface area contributed by atoms with Gasteiger partial charge in [-0.1, -0.05) is 12.1 Å². The Balaban J connectivity index is 1.84. The molecule has 3 rings (SSSR count). The van der Waals surface area contributed by atoms with Gasteiger partial charge in [0.05, 0.1) is 17.8 Å². The molecule has 0 unspecified atom stereocenters. The van der Waals surface area contributed by atoms with Crippen LogP contribution in [0.5, 0.6) is 5.88 Å². The summed E-state index contributed by atoms with van der Waals surface area (Å²) >= 11 is 1.60. The van der Waals surface area contributed by atoms with Gasteiger partial charge in [0, 0.05) is 29.9 Å². The summed E-state index contributed by atoms with van der Waals surface area (Å²) in [5.41, 5.74) is 2.96. The van der Waals surface area contributed by atoms with E-state index < -0.39 is 0 Å². The second kappa shape index (κ2) is 6.21. The Bertz CT molecular complexity index is 853. The molecule has 0 aliphatic heterocycles. The Morgan fingerprint density at radius 1 is 1.39 bits per heavy atom. The van der Waals surface area contributed by atoms with Crippen molar-refractivity contribution in [3.63, 3.8) is 0 Å². The fourth-order valence-electron chi connectivity index (χ4n) is 2.23. The Labute approximate surface area is 137 Å². The van der Waals surface area contributed by atoms with Crippen LogP contribution < -0.4 is 10.1 Å². The summed E-state index contributed by atoms with van der Waals surface area (Å²) in [5, 5.41) is 9.96. The molecule has 0 aliphatic carbocycles. The van der Waals surface area contributed by atoms with Crippen molar-refractivity contribution in [1.82, 2.24) is 14.8 Å². The molecule has 0 saturated heterocycles. The number of anilines is 1. The molecule has 0 spiro atoms. The normalized spacial score (nSPS) is 10.6. The minimum atomic E-state index is -0.262. The summed E-state index contributed by atoms with van der Waals surface area (Å²) in [5.74, 6) is 0.0397. The van der Waals surface area contributed by atoms with Gasteiger partial charge in [-0.2, -0.15) is 0 Å². The van der Waals surface area contributed by atoms with E-state index in [9.17, 15) is 4.79 Å². The second-order valence-corrected chi connectivity index (χ2v) is 6.07. The number of benzene rings is 1. The van der Waals surface area contributed by atoms with Crippen LogP contribution in [0.25, 0.3) is 11.3 Å². The van der Waals surface area contributed by atoms with Crippen LogP contribution >= 0.6 is 11.3 Å². The maximum Gasteiger partial charge on any atom is 0.262 e. The average molecular weight is 328 g/mol. The largest absolute Gasteiger partial charge is 0.479 e.